The summed E-state index contributed by atoms with van der Waals surface area (Å²) in [5.74, 6) is -0.773. The highest BCUT2D eigenvalue weighted by Crippen LogP contribution is 2.23. The molecule has 0 fully saturated rings. The highest BCUT2D eigenvalue weighted by molar-refractivity contribution is 9.10. The van der Waals surface area contributed by atoms with E-state index < -0.39 is 10.7 Å². The van der Waals surface area contributed by atoms with E-state index in [1.807, 2.05) is 0 Å². The van der Waals surface area contributed by atoms with Crippen LogP contribution in [0.3, 0.4) is 0 Å². The van der Waals surface area contributed by atoms with E-state index in [0.29, 0.717) is 15.6 Å². The first-order valence-electron chi connectivity index (χ1n) is 5.69. The van der Waals surface area contributed by atoms with E-state index in [1.54, 1.807) is 12.1 Å². The van der Waals surface area contributed by atoms with E-state index >= 15 is 0 Å². The number of halogens is 2. The van der Waals surface area contributed by atoms with Gasteiger partial charge in [-0.05, 0) is 34.1 Å². The first-order valence-corrected chi connectivity index (χ1v) is 6.49. The Morgan fingerprint density at radius 1 is 1.25 bits per heavy atom. The van der Waals surface area contributed by atoms with Gasteiger partial charge in [-0.2, -0.15) is 0 Å². The summed E-state index contributed by atoms with van der Waals surface area (Å²) in [6, 6.07) is 9.78. The minimum absolute atomic E-state index is 0.0981. The summed E-state index contributed by atoms with van der Waals surface area (Å²) in [6.07, 6.45) is -0.110. The lowest BCUT2D eigenvalue weighted by atomic mass is 10.0. The Hall–Kier alpha value is -2.08. The summed E-state index contributed by atoms with van der Waals surface area (Å²) in [7, 11) is 0. The number of ketones is 1. The summed E-state index contributed by atoms with van der Waals surface area (Å²) in [5, 5.41) is 10.9. The normalized spacial score (nSPS) is 10.3. The summed E-state index contributed by atoms with van der Waals surface area (Å²) in [4.78, 5) is 22.5. The van der Waals surface area contributed by atoms with Crippen LogP contribution in [0, 0.1) is 15.9 Å². The number of Topliss-reactive ketones (excluding diaryl/α,β-unsaturated/α-hetero) is 1. The number of rotatable bonds is 4. The third-order valence-corrected chi connectivity index (χ3v) is 3.43. The average Bonchev–Trinajstić information content (AvgIpc) is 2.38. The SMILES string of the molecule is O=C(Cc1ccccc1[N+](=O)[O-])c1ccc(F)cc1Br. The van der Waals surface area contributed by atoms with Crippen LogP contribution in [0.25, 0.3) is 0 Å². The quantitative estimate of drug-likeness (QED) is 0.482. The van der Waals surface area contributed by atoms with Gasteiger partial charge >= 0.3 is 0 Å². The molecule has 102 valence electrons. The van der Waals surface area contributed by atoms with Crippen molar-refractivity contribution in [1.82, 2.24) is 0 Å². The molecule has 2 aromatic carbocycles. The molecule has 0 unspecified atom stereocenters. The van der Waals surface area contributed by atoms with Gasteiger partial charge in [-0.15, -0.1) is 0 Å². The molecule has 0 heterocycles. The van der Waals surface area contributed by atoms with E-state index in [-0.39, 0.29) is 17.9 Å². The molecule has 0 N–H and O–H groups in total. The number of nitro benzene ring substituents is 1. The van der Waals surface area contributed by atoms with Crippen LogP contribution in [0.5, 0.6) is 0 Å². The Labute approximate surface area is 122 Å². The van der Waals surface area contributed by atoms with Crippen molar-refractivity contribution in [3.05, 3.63) is 74.0 Å². The molecule has 0 saturated heterocycles. The third kappa shape index (κ3) is 3.08. The van der Waals surface area contributed by atoms with Gasteiger partial charge in [0.05, 0.1) is 4.92 Å². The molecular weight excluding hydrogens is 329 g/mol. The third-order valence-electron chi connectivity index (χ3n) is 2.77. The molecule has 0 amide bonds. The molecule has 2 rings (SSSR count). The van der Waals surface area contributed by atoms with E-state index in [4.69, 9.17) is 0 Å². The maximum absolute atomic E-state index is 13.0. The fourth-order valence-electron chi connectivity index (χ4n) is 1.82. The minimum Gasteiger partial charge on any atom is -0.294 e. The zero-order valence-corrected chi connectivity index (χ0v) is 11.8. The van der Waals surface area contributed by atoms with Crippen molar-refractivity contribution in [2.24, 2.45) is 0 Å². The van der Waals surface area contributed by atoms with Crippen LogP contribution in [0.4, 0.5) is 10.1 Å². The first-order chi connectivity index (χ1) is 9.49. The summed E-state index contributed by atoms with van der Waals surface area (Å²) in [6.45, 7) is 0. The van der Waals surface area contributed by atoms with Gasteiger partial charge in [0.25, 0.3) is 5.69 Å². The average molecular weight is 338 g/mol. The molecule has 0 aromatic heterocycles. The van der Waals surface area contributed by atoms with Gasteiger partial charge in [-0.1, -0.05) is 18.2 Å². The Balaban J connectivity index is 2.30. The van der Waals surface area contributed by atoms with Crippen molar-refractivity contribution < 1.29 is 14.1 Å². The van der Waals surface area contributed by atoms with Gasteiger partial charge in [0.1, 0.15) is 5.82 Å². The summed E-state index contributed by atoms with van der Waals surface area (Å²) < 4.78 is 13.3. The number of hydrogen-bond acceptors (Lipinski definition) is 3. The monoisotopic (exact) mass is 337 g/mol. The van der Waals surface area contributed by atoms with Crippen molar-refractivity contribution in [3.63, 3.8) is 0 Å². The van der Waals surface area contributed by atoms with Crippen molar-refractivity contribution in [3.8, 4) is 0 Å². The molecule has 0 bridgehead atoms. The second-order valence-corrected chi connectivity index (χ2v) is 4.96. The number of nitrogens with zero attached hydrogens (tertiary/aromatic N) is 1. The largest absolute Gasteiger partial charge is 0.294 e. The molecule has 0 saturated carbocycles. The second kappa shape index (κ2) is 5.92. The fourth-order valence-corrected chi connectivity index (χ4v) is 2.39. The van der Waals surface area contributed by atoms with Gasteiger partial charge in [-0.3, -0.25) is 14.9 Å². The number of carbonyl (C=O) groups excluding carboxylic acids is 1. The fraction of sp³-hybridized carbons (Fsp3) is 0.0714. The van der Waals surface area contributed by atoms with E-state index in [0.717, 1.165) is 0 Å². The van der Waals surface area contributed by atoms with Gasteiger partial charge in [0.2, 0.25) is 0 Å². The number of benzene rings is 2. The molecule has 0 radical (unpaired) electrons. The Morgan fingerprint density at radius 3 is 2.60 bits per heavy atom. The molecule has 2 aromatic rings. The van der Waals surface area contributed by atoms with Crippen LogP contribution in [-0.2, 0) is 6.42 Å². The van der Waals surface area contributed by atoms with Crippen molar-refractivity contribution >= 4 is 27.4 Å². The number of para-hydroxylation sites is 1. The number of carbonyl (C=O) groups is 1. The van der Waals surface area contributed by atoms with Crippen molar-refractivity contribution in [1.29, 1.82) is 0 Å². The molecule has 0 spiro atoms. The molecule has 6 heteroatoms. The number of nitro groups is 1. The summed E-state index contributed by atoms with van der Waals surface area (Å²) in [5.41, 5.74) is 0.530. The van der Waals surface area contributed by atoms with E-state index in [2.05, 4.69) is 15.9 Å². The van der Waals surface area contributed by atoms with Gasteiger partial charge in [0, 0.05) is 28.1 Å². The molecule has 0 atom stereocenters. The lowest BCUT2D eigenvalue weighted by molar-refractivity contribution is -0.385. The predicted octanol–water partition coefficient (Wildman–Crippen LogP) is 3.92. The lowest BCUT2D eigenvalue weighted by Crippen LogP contribution is -2.06. The minimum atomic E-state index is -0.525. The Morgan fingerprint density at radius 2 is 1.95 bits per heavy atom. The van der Waals surface area contributed by atoms with Crippen LogP contribution in [0.2, 0.25) is 0 Å². The van der Waals surface area contributed by atoms with Crippen LogP contribution < -0.4 is 0 Å². The summed E-state index contributed by atoms with van der Waals surface area (Å²) >= 11 is 3.11. The highest BCUT2D eigenvalue weighted by Gasteiger charge is 2.18. The van der Waals surface area contributed by atoms with Gasteiger partial charge in [-0.25, -0.2) is 4.39 Å². The molecular formula is C14H9BrFNO3. The van der Waals surface area contributed by atoms with Crippen LogP contribution in [0.15, 0.2) is 46.9 Å². The van der Waals surface area contributed by atoms with E-state index in [9.17, 15) is 19.3 Å². The standard InChI is InChI=1S/C14H9BrFNO3/c15-12-8-10(16)5-6-11(12)14(18)7-9-3-1-2-4-13(9)17(19)20/h1-6,8H,7H2. The smallest absolute Gasteiger partial charge is 0.273 e. The van der Waals surface area contributed by atoms with Gasteiger partial charge < -0.3 is 0 Å². The molecule has 4 nitrogen and oxygen atoms in total. The molecule has 0 aliphatic rings. The highest BCUT2D eigenvalue weighted by atomic mass is 79.9. The predicted molar refractivity (Wildman–Crippen MR) is 75.2 cm³/mol. The van der Waals surface area contributed by atoms with Crippen molar-refractivity contribution in [2.75, 3.05) is 0 Å². The Kier molecular flexibility index (Phi) is 4.24. The molecule has 0 aliphatic carbocycles. The topological polar surface area (TPSA) is 60.2 Å². The van der Waals surface area contributed by atoms with Crippen LogP contribution >= 0.6 is 15.9 Å². The van der Waals surface area contributed by atoms with E-state index in [1.165, 1.54) is 30.3 Å². The molecule has 0 aliphatic heterocycles. The molecule has 20 heavy (non-hydrogen) atoms. The zero-order valence-electron chi connectivity index (χ0n) is 10.2. The zero-order chi connectivity index (χ0) is 14.7. The maximum Gasteiger partial charge on any atom is 0.273 e. The number of hydrogen-bond donors (Lipinski definition) is 0. The second-order valence-electron chi connectivity index (χ2n) is 4.11. The van der Waals surface area contributed by atoms with Crippen molar-refractivity contribution in [2.45, 2.75) is 6.42 Å². The van der Waals surface area contributed by atoms with Gasteiger partial charge in [0.15, 0.2) is 5.78 Å². The Bertz CT molecular complexity index is 688. The van der Waals surface area contributed by atoms with Crippen LogP contribution in [-0.4, -0.2) is 10.7 Å². The first kappa shape index (κ1) is 14.3. The lowest BCUT2D eigenvalue weighted by Gasteiger charge is -2.05. The maximum atomic E-state index is 13.0. The van der Waals surface area contributed by atoms with Crippen LogP contribution in [0.1, 0.15) is 15.9 Å².